The number of nitrogens with one attached hydrogen (secondary N) is 1. The third-order valence-electron chi connectivity index (χ3n) is 2.00. The van der Waals surface area contributed by atoms with Crippen LogP contribution in [0.3, 0.4) is 0 Å². The lowest BCUT2D eigenvalue weighted by atomic mass is 10.1. The van der Waals surface area contributed by atoms with Gasteiger partial charge in [0.25, 0.3) is 0 Å². The van der Waals surface area contributed by atoms with E-state index in [2.05, 4.69) is 23.4 Å². The van der Waals surface area contributed by atoms with E-state index in [1.165, 1.54) is 5.56 Å². The zero-order valence-electron chi connectivity index (χ0n) is 9.11. The highest BCUT2D eigenvalue weighted by atomic mass is 32.1. The molecular formula is C13H15NOS. The average Bonchev–Trinajstić information content (AvgIpc) is 2.31. The van der Waals surface area contributed by atoms with Gasteiger partial charge in [-0.25, -0.2) is 0 Å². The van der Waals surface area contributed by atoms with E-state index in [4.69, 9.17) is 23.4 Å². The van der Waals surface area contributed by atoms with Crippen molar-refractivity contribution in [3.05, 3.63) is 35.9 Å². The van der Waals surface area contributed by atoms with E-state index in [9.17, 15) is 0 Å². The van der Waals surface area contributed by atoms with Crippen molar-refractivity contribution < 1.29 is 4.74 Å². The molecule has 0 heterocycles. The molecule has 1 aromatic rings. The van der Waals surface area contributed by atoms with Gasteiger partial charge in [0.05, 0.1) is 6.61 Å². The molecule has 1 rings (SSSR count). The molecule has 1 aromatic carbocycles. The summed E-state index contributed by atoms with van der Waals surface area (Å²) >= 11 is 5.08. The first-order valence-corrected chi connectivity index (χ1v) is 5.55. The molecule has 0 fully saturated rings. The Labute approximate surface area is 102 Å². The molecule has 2 nitrogen and oxygen atoms in total. The Morgan fingerprint density at radius 2 is 2.12 bits per heavy atom. The van der Waals surface area contributed by atoms with E-state index in [0.29, 0.717) is 18.2 Å². The summed E-state index contributed by atoms with van der Waals surface area (Å²) in [5.74, 6) is 2.40. The Morgan fingerprint density at radius 3 is 2.81 bits per heavy atom. The molecular weight excluding hydrogens is 218 g/mol. The molecule has 0 aliphatic heterocycles. The van der Waals surface area contributed by atoms with Crippen molar-refractivity contribution in [2.45, 2.75) is 6.42 Å². The van der Waals surface area contributed by atoms with Gasteiger partial charge in [-0.2, -0.15) is 0 Å². The van der Waals surface area contributed by atoms with Gasteiger partial charge in [0.2, 0.25) is 0 Å². The van der Waals surface area contributed by atoms with Gasteiger partial charge < -0.3 is 10.1 Å². The summed E-state index contributed by atoms with van der Waals surface area (Å²) in [5, 5.41) is 3.13. The maximum absolute atomic E-state index is 5.11. The van der Waals surface area contributed by atoms with Crippen molar-refractivity contribution in [3.8, 4) is 12.3 Å². The molecule has 0 saturated carbocycles. The van der Waals surface area contributed by atoms with Crippen LogP contribution in [0, 0.1) is 12.3 Å². The first-order valence-electron chi connectivity index (χ1n) is 5.15. The van der Waals surface area contributed by atoms with Crippen molar-refractivity contribution in [1.82, 2.24) is 5.32 Å². The largest absolute Gasteiger partial charge is 0.377 e. The Kier molecular flexibility index (Phi) is 6.24. The molecule has 1 N–H and O–H groups in total. The highest BCUT2D eigenvalue weighted by Crippen LogP contribution is 1.98. The van der Waals surface area contributed by atoms with E-state index in [-0.39, 0.29) is 0 Å². The van der Waals surface area contributed by atoms with Crippen LogP contribution in [0.25, 0.3) is 0 Å². The zero-order valence-corrected chi connectivity index (χ0v) is 9.93. The van der Waals surface area contributed by atoms with Crippen LogP contribution in [0.5, 0.6) is 0 Å². The molecule has 0 unspecified atom stereocenters. The Morgan fingerprint density at radius 1 is 1.38 bits per heavy atom. The number of hydrogen-bond acceptors (Lipinski definition) is 2. The number of rotatable bonds is 6. The monoisotopic (exact) mass is 233 g/mol. The van der Waals surface area contributed by atoms with Crippen molar-refractivity contribution in [2.75, 3.05) is 19.8 Å². The molecule has 0 atom stereocenters. The average molecular weight is 233 g/mol. The fourth-order valence-corrected chi connectivity index (χ4v) is 1.43. The predicted molar refractivity (Wildman–Crippen MR) is 70.4 cm³/mol. The highest BCUT2D eigenvalue weighted by molar-refractivity contribution is 7.80. The zero-order chi connectivity index (χ0) is 11.6. The SMILES string of the molecule is C#CCOCC(=S)NCCc1ccccc1. The van der Waals surface area contributed by atoms with E-state index in [0.717, 1.165) is 13.0 Å². The second-order valence-corrected chi connectivity index (χ2v) is 3.78. The lowest BCUT2D eigenvalue weighted by Crippen LogP contribution is -2.27. The molecule has 16 heavy (non-hydrogen) atoms. The van der Waals surface area contributed by atoms with Crippen molar-refractivity contribution in [2.24, 2.45) is 0 Å². The fourth-order valence-electron chi connectivity index (χ4n) is 1.24. The number of benzene rings is 1. The normalized spacial score (nSPS) is 9.44. The van der Waals surface area contributed by atoms with Crippen LogP contribution in [-0.4, -0.2) is 24.7 Å². The maximum Gasteiger partial charge on any atom is 0.108 e. The molecule has 3 heteroatoms. The Balaban J connectivity index is 2.12. The summed E-state index contributed by atoms with van der Waals surface area (Å²) in [4.78, 5) is 0.700. The molecule has 0 bridgehead atoms. The van der Waals surface area contributed by atoms with Crippen LogP contribution >= 0.6 is 12.2 Å². The second-order valence-electron chi connectivity index (χ2n) is 3.28. The first-order chi connectivity index (χ1) is 7.83. The number of hydrogen-bond donors (Lipinski definition) is 1. The molecule has 0 spiro atoms. The van der Waals surface area contributed by atoms with Crippen LogP contribution in [0.15, 0.2) is 30.3 Å². The molecule has 0 aliphatic carbocycles. The number of terminal acetylenes is 1. The smallest absolute Gasteiger partial charge is 0.108 e. The Bertz CT molecular complexity index is 356. The molecule has 0 saturated heterocycles. The van der Waals surface area contributed by atoms with Gasteiger partial charge in [-0.3, -0.25) is 0 Å². The quantitative estimate of drug-likeness (QED) is 0.460. The third kappa shape index (κ3) is 5.50. The molecule has 0 amide bonds. The number of ether oxygens (including phenoxy) is 1. The van der Waals surface area contributed by atoms with Crippen molar-refractivity contribution in [1.29, 1.82) is 0 Å². The van der Waals surface area contributed by atoms with Gasteiger partial charge in [0, 0.05) is 6.54 Å². The summed E-state index contributed by atoms with van der Waals surface area (Å²) in [6.07, 6.45) is 6.01. The van der Waals surface area contributed by atoms with Crippen LogP contribution in [-0.2, 0) is 11.2 Å². The number of thiocarbonyl (C=S) groups is 1. The standard InChI is InChI=1S/C13H15NOS/c1-2-10-15-11-13(16)14-9-8-12-6-4-3-5-7-12/h1,3-7H,8-11H2,(H,14,16). The van der Waals surface area contributed by atoms with Gasteiger partial charge in [-0.15, -0.1) is 6.42 Å². The van der Waals surface area contributed by atoms with Gasteiger partial charge in [0.15, 0.2) is 0 Å². The molecule has 0 radical (unpaired) electrons. The molecule has 0 aliphatic rings. The first kappa shape index (κ1) is 12.7. The molecule has 84 valence electrons. The van der Waals surface area contributed by atoms with E-state index in [1.807, 2.05) is 18.2 Å². The summed E-state index contributed by atoms with van der Waals surface area (Å²) < 4.78 is 5.11. The molecule has 0 aromatic heterocycles. The highest BCUT2D eigenvalue weighted by Gasteiger charge is 1.96. The fraction of sp³-hybridized carbons (Fsp3) is 0.308. The Hall–Kier alpha value is -1.37. The summed E-state index contributed by atoms with van der Waals surface area (Å²) in [6.45, 7) is 1.52. The summed E-state index contributed by atoms with van der Waals surface area (Å²) in [5.41, 5.74) is 1.29. The van der Waals surface area contributed by atoms with Crippen LogP contribution in [0.1, 0.15) is 5.56 Å². The van der Waals surface area contributed by atoms with Crippen LogP contribution < -0.4 is 5.32 Å². The van der Waals surface area contributed by atoms with Gasteiger partial charge in [0.1, 0.15) is 11.6 Å². The predicted octanol–water partition coefficient (Wildman–Crippen LogP) is 1.80. The third-order valence-corrected chi connectivity index (χ3v) is 2.26. The van der Waals surface area contributed by atoms with Crippen molar-refractivity contribution in [3.63, 3.8) is 0 Å². The lowest BCUT2D eigenvalue weighted by Gasteiger charge is -2.07. The minimum atomic E-state index is 0.306. The summed E-state index contributed by atoms with van der Waals surface area (Å²) in [7, 11) is 0. The maximum atomic E-state index is 5.11. The van der Waals surface area contributed by atoms with Gasteiger partial charge in [-0.05, 0) is 12.0 Å². The minimum Gasteiger partial charge on any atom is -0.377 e. The second kappa shape index (κ2) is 7.86. The van der Waals surface area contributed by atoms with Gasteiger partial charge >= 0.3 is 0 Å². The lowest BCUT2D eigenvalue weighted by molar-refractivity contribution is 0.209. The van der Waals surface area contributed by atoms with E-state index < -0.39 is 0 Å². The summed E-state index contributed by atoms with van der Waals surface area (Å²) in [6, 6.07) is 10.3. The van der Waals surface area contributed by atoms with Crippen molar-refractivity contribution >= 4 is 17.2 Å². The topological polar surface area (TPSA) is 21.3 Å². The van der Waals surface area contributed by atoms with Crippen LogP contribution in [0.2, 0.25) is 0 Å². The van der Waals surface area contributed by atoms with E-state index >= 15 is 0 Å². The van der Waals surface area contributed by atoms with Crippen LogP contribution in [0.4, 0.5) is 0 Å². The van der Waals surface area contributed by atoms with Gasteiger partial charge in [-0.1, -0.05) is 48.5 Å². The minimum absolute atomic E-state index is 0.306. The van der Waals surface area contributed by atoms with E-state index in [1.54, 1.807) is 0 Å².